The summed E-state index contributed by atoms with van der Waals surface area (Å²) in [5.74, 6) is 1.27. The van der Waals surface area contributed by atoms with Gasteiger partial charge in [-0.15, -0.1) is 0 Å². The average molecular weight is 331 g/mol. The number of benzene rings is 1. The predicted molar refractivity (Wildman–Crippen MR) is 93.1 cm³/mol. The summed E-state index contributed by atoms with van der Waals surface area (Å²) in [5.41, 5.74) is 2.58. The van der Waals surface area contributed by atoms with Crippen LogP contribution in [0, 0.1) is 13.8 Å². The van der Waals surface area contributed by atoms with E-state index in [0.29, 0.717) is 35.4 Å². The molecular formula is C17H21N3O2S. The number of thioether (sulfide) groups is 1. The van der Waals surface area contributed by atoms with Gasteiger partial charge in [0.15, 0.2) is 5.16 Å². The Morgan fingerprint density at radius 1 is 1.22 bits per heavy atom. The molecule has 1 heterocycles. The minimum Gasteiger partial charge on any atom is -0.492 e. The van der Waals surface area contributed by atoms with E-state index in [4.69, 9.17) is 4.74 Å². The number of nitrogens with one attached hydrogen (secondary N) is 1. The Hall–Kier alpha value is -2.08. The molecule has 0 saturated carbocycles. The van der Waals surface area contributed by atoms with Crippen LogP contribution >= 0.6 is 11.8 Å². The van der Waals surface area contributed by atoms with Crippen LogP contribution in [0.15, 0.2) is 35.5 Å². The minimum absolute atomic E-state index is 0.0472. The van der Waals surface area contributed by atoms with Crippen molar-refractivity contribution in [3.05, 3.63) is 41.7 Å². The molecule has 1 aromatic carbocycles. The second-order valence-corrected chi connectivity index (χ2v) is 6.07. The SMILES string of the molecule is CCOc1ccccc1NC(=O)CCSc1nc(C)cc(C)n1. The smallest absolute Gasteiger partial charge is 0.225 e. The van der Waals surface area contributed by atoms with Crippen molar-refractivity contribution in [3.8, 4) is 5.75 Å². The molecule has 0 aliphatic carbocycles. The molecule has 0 spiro atoms. The molecule has 2 aromatic rings. The molecule has 1 N–H and O–H groups in total. The van der Waals surface area contributed by atoms with Crippen molar-refractivity contribution < 1.29 is 9.53 Å². The van der Waals surface area contributed by atoms with Gasteiger partial charge in [-0.05, 0) is 39.0 Å². The molecule has 23 heavy (non-hydrogen) atoms. The number of ether oxygens (including phenoxy) is 1. The predicted octanol–water partition coefficient (Wildman–Crippen LogP) is 3.61. The number of hydrogen-bond donors (Lipinski definition) is 1. The van der Waals surface area contributed by atoms with Crippen LogP contribution < -0.4 is 10.1 Å². The second-order valence-electron chi connectivity index (χ2n) is 5.01. The summed E-state index contributed by atoms with van der Waals surface area (Å²) in [6, 6.07) is 9.37. The van der Waals surface area contributed by atoms with Gasteiger partial charge in [0.2, 0.25) is 5.91 Å². The first-order valence-corrected chi connectivity index (χ1v) is 8.54. The third kappa shape index (κ3) is 5.56. The summed E-state index contributed by atoms with van der Waals surface area (Å²) in [6.45, 7) is 6.36. The van der Waals surface area contributed by atoms with Crippen molar-refractivity contribution in [1.29, 1.82) is 0 Å². The maximum absolute atomic E-state index is 12.1. The lowest BCUT2D eigenvalue weighted by atomic mass is 10.3. The van der Waals surface area contributed by atoms with Gasteiger partial charge in [-0.25, -0.2) is 9.97 Å². The molecule has 6 heteroatoms. The zero-order valence-electron chi connectivity index (χ0n) is 13.6. The van der Waals surface area contributed by atoms with E-state index in [1.807, 2.05) is 51.1 Å². The van der Waals surface area contributed by atoms with E-state index in [1.165, 1.54) is 11.8 Å². The summed E-state index contributed by atoms with van der Waals surface area (Å²) in [6.07, 6.45) is 0.390. The van der Waals surface area contributed by atoms with E-state index in [9.17, 15) is 4.79 Å². The molecule has 0 radical (unpaired) electrons. The number of carbonyl (C=O) groups excluding carboxylic acids is 1. The van der Waals surface area contributed by atoms with Crippen LogP contribution in [0.25, 0.3) is 0 Å². The fourth-order valence-electron chi connectivity index (χ4n) is 2.06. The third-order valence-electron chi connectivity index (χ3n) is 2.98. The Morgan fingerprint density at radius 2 is 1.91 bits per heavy atom. The summed E-state index contributed by atoms with van der Waals surface area (Å²) in [4.78, 5) is 20.8. The number of amides is 1. The van der Waals surface area contributed by atoms with Crippen molar-refractivity contribution >= 4 is 23.4 Å². The first kappa shape index (κ1) is 17.3. The van der Waals surface area contributed by atoms with Crippen LogP contribution in [0.3, 0.4) is 0 Å². The van der Waals surface area contributed by atoms with E-state index < -0.39 is 0 Å². The highest BCUT2D eigenvalue weighted by molar-refractivity contribution is 7.99. The number of aryl methyl sites for hydroxylation is 2. The molecule has 0 aliphatic heterocycles. The average Bonchev–Trinajstić information content (AvgIpc) is 2.48. The second kappa shape index (κ2) is 8.53. The summed E-state index contributed by atoms with van der Waals surface area (Å²) >= 11 is 1.49. The highest BCUT2D eigenvalue weighted by atomic mass is 32.2. The van der Waals surface area contributed by atoms with E-state index in [1.54, 1.807) is 0 Å². The standard InChI is InChI=1S/C17H21N3O2S/c1-4-22-15-8-6-5-7-14(15)20-16(21)9-10-23-17-18-12(2)11-13(3)19-17/h5-8,11H,4,9-10H2,1-3H3,(H,20,21). The Labute approximate surface area is 140 Å². The Morgan fingerprint density at radius 3 is 2.61 bits per heavy atom. The van der Waals surface area contributed by atoms with Crippen molar-refractivity contribution in [2.75, 3.05) is 17.7 Å². The Balaban J connectivity index is 1.86. The molecule has 0 bridgehead atoms. The largest absolute Gasteiger partial charge is 0.492 e. The first-order valence-electron chi connectivity index (χ1n) is 7.55. The van der Waals surface area contributed by atoms with E-state index in [2.05, 4.69) is 15.3 Å². The molecule has 0 atom stereocenters. The van der Waals surface area contributed by atoms with E-state index in [0.717, 1.165) is 11.4 Å². The highest BCUT2D eigenvalue weighted by Gasteiger charge is 2.08. The van der Waals surface area contributed by atoms with Crippen molar-refractivity contribution in [1.82, 2.24) is 9.97 Å². The van der Waals surface area contributed by atoms with E-state index in [-0.39, 0.29) is 5.91 Å². The number of rotatable bonds is 7. The van der Waals surface area contributed by atoms with Crippen LogP contribution in [0.4, 0.5) is 5.69 Å². The van der Waals surface area contributed by atoms with Crippen molar-refractivity contribution in [3.63, 3.8) is 0 Å². The Kier molecular flexibility index (Phi) is 6.40. The lowest BCUT2D eigenvalue weighted by molar-refractivity contribution is -0.115. The number of para-hydroxylation sites is 2. The normalized spacial score (nSPS) is 10.4. The minimum atomic E-state index is -0.0472. The maximum Gasteiger partial charge on any atom is 0.225 e. The van der Waals surface area contributed by atoms with E-state index >= 15 is 0 Å². The molecule has 0 fully saturated rings. The van der Waals surface area contributed by atoms with Gasteiger partial charge in [0.1, 0.15) is 5.75 Å². The number of anilines is 1. The number of nitrogens with zero attached hydrogens (tertiary/aromatic N) is 2. The van der Waals surface area contributed by atoms with Gasteiger partial charge < -0.3 is 10.1 Å². The molecule has 122 valence electrons. The van der Waals surface area contributed by atoms with Gasteiger partial charge in [-0.1, -0.05) is 23.9 Å². The quantitative estimate of drug-likeness (QED) is 0.620. The van der Waals surface area contributed by atoms with Crippen LogP contribution in [-0.4, -0.2) is 28.2 Å². The molecule has 0 unspecified atom stereocenters. The summed E-state index contributed by atoms with van der Waals surface area (Å²) in [5, 5.41) is 3.60. The fraction of sp³-hybridized carbons (Fsp3) is 0.353. The topological polar surface area (TPSA) is 64.1 Å². The van der Waals surface area contributed by atoms with Crippen LogP contribution in [-0.2, 0) is 4.79 Å². The third-order valence-corrected chi connectivity index (χ3v) is 3.83. The van der Waals surface area contributed by atoms with Gasteiger partial charge in [-0.3, -0.25) is 4.79 Å². The lowest BCUT2D eigenvalue weighted by Gasteiger charge is -2.11. The molecular weight excluding hydrogens is 310 g/mol. The van der Waals surface area contributed by atoms with Gasteiger partial charge >= 0.3 is 0 Å². The zero-order chi connectivity index (χ0) is 16.7. The molecule has 0 saturated heterocycles. The van der Waals surface area contributed by atoms with Crippen molar-refractivity contribution in [2.45, 2.75) is 32.3 Å². The molecule has 1 amide bonds. The number of carbonyl (C=O) groups is 1. The van der Waals surface area contributed by atoms with Gasteiger partial charge in [-0.2, -0.15) is 0 Å². The van der Waals surface area contributed by atoms with Gasteiger partial charge in [0.05, 0.1) is 12.3 Å². The molecule has 5 nitrogen and oxygen atoms in total. The maximum atomic E-state index is 12.1. The lowest BCUT2D eigenvalue weighted by Crippen LogP contribution is -2.13. The number of aromatic nitrogens is 2. The highest BCUT2D eigenvalue weighted by Crippen LogP contribution is 2.24. The first-order chi connectivity index (χ1) is 11.1. The van der Waals surface area contributed by atoms with Crippen LogP contribution in [0.5, 0.6) is 5.75 Å². The van der Waals surface area contributed by atoms with Crippen molar-refractivity contribution in [2.24, 2.45) is 0 Å². The number of hydrogen-bond acceptors (Lipinski definition) is 5. The van der Waals surface area contributed by atoms with Gasteiger partial charge in [0.25, 0.3) is 0 Å². The summed E-state index contributed by atoms with van der Waals surface area (Å²) in [7, 11) is 0. The van der Waals surface area contributed by atoms with Crippen LogP contribution in [0.2, 0.25) is 0 Å². The van der Waals surface area contributed by atoms with Gasteiger partial charge in [0, 0.05) is 23.6 Å². The molecule has 1 aromatic heterocycles. The van der Waals surface area contributed by atoms with Crippen LogP contribution in [0.1, 0.15) is 24.7 Å². The summed E-state index contributed by atoms with van der Waals surface area (Å²) < 4.78 is 5.50. The molecule has 0 aliphatic rings. The monoisotopic (exact) mass is 331 g/mol. The Bertz CT molecular complexity index is 656. The zero-order valence-corrected chi connectivity index (χ0v) is 14.4. The fourth-order valence-corrected chi connectivity index (χ4v) is 2.94. The molecule has 2 rings (SSSR count).